The topological polar surface area (TPSA) is 29.0 Å². The van der Waals surface area contributed by atoms with Gasteiger partial charge in [0, 0.05) is 17.6 Å². The molecular formula is C14H15Cl2N3. The molecular weight excluding hydrogens is 281 g/mol. The molecule has 0 fully saturated rings. The van der Waals surface area contributed by atoms with E-state index < -0.39 is 0 Å². The van der Waals surface area contributed by atoms with Crippen LogP contribution in [0.1, 0.15) is 24.2 Å². The van der Waals surface area contributed by atoms with Gasteiger partial charge in [0.05, 0.1) is 18.1 Å². The molecule has 0 saturated carbocycles. The lowest BCUT2D eigenvalue weighted by Crippen LogP contribution is -2.22. The van der Waals surface area contributed by atoms with Crippen LogP contribution in [-0.2, 0) is 6.54 Å². The third-order valence-corrected chi connectivity index (χ3v) is 3.64. The minimum Gasteiger partial charge on any atom is -0.294 e. The summed E-state index contributed by atoms with van der Waals surface area (Å²) >= 11 is 11.9. The van der Waals surface area contributed by atoms with Crippen LogP contribution in [0, 0.1) is 0 Å². The molecule has 0 bridgehead atoms. The molecule has 19 heavy (non-hydrogen) atoms. The van der Waals surface area contributed by atoms with Crippen molar-refractivity contribution in [1.82, 2.24) is 14.9 Å². The summed E-state index contributed by atoms with van der Waals surface area (Å²) in [5.74, 6) is 0. The number of aromatic nitrogens is 2. The first kappa shape index (κ1) is 14.3. The van der Waals surface area contributed by atoms with Crippen LogP contribution in [0.3, 0.4) is 0 Å². The molecule has 0 spiro atoms. The van der Waals surface area contributed by atoms with Crippen molar-refractivity contribution in [1.29, 1.82) is 0 Å². The molecule has 3 nitrogen and oxygen atoms in total. The Labute approximate surface area is 123 Å². The van der Waals surface area contributed by atoms with Crippen LogP contribution in [0.5, 0.6) is 0 Å². The van der Waals surface area contributed by atoms with Crippen molar-refractivity contribution in [3.63, 3.8) is 0 Å². The van der Waals surface area contributed by atoms with Gasteiger partial charge in [0.25, 0.3) is 0 Å². The van der Waals surface area contributed by atoms with E-state index in [-0.39, 0.29) is 6.04 Å². The van der Waals surface area contributed by atoms with E-state index >= 15 is 0 Å². The predicted molar refractivity (Wildman–Crippen MR) is 78.4 cm³/mol. The van der Waals surface area contributed by atoms with Gasteiger partial charge in [-0.05, 0) is 25.6 Å². The van der Waals surface area contributed by atoms with Gasteiger partial charge in [-0.2, -0.15) is 0 Å². The summed E-state index contributed by atoms with van der Waals surface area (Å²) in [6.45, 7) is 2.81. The van der Waals surface area contributed by atoms with Gasteiger partial charge in [0.1, 0.15) is 5.15 Å². The fourth-order valence-corrected chi connectivity index (χ4v) is 2.26. The fourth-order valence-electron chi connectivity index (χ4n) is 1.86. The third-order valence-electron chi connectivity index (χ3n) is 3.10. The van der Waals surface area contributed by atoms with Gasteiger partial charge in [-0.1, -0.05) is 41.4 Å². The Bertz CT molecular complexity index is 543. The smallest absolute Gasteiger partial charge is 0.147 e. The molecule has 1 aromatic heterocycles. The molecule has 5 heteroatoms. The molecule has 0 amide bonds. The summed E-state index contributed by atoms with van der Waals surface area (Å²) in [4.78, 5) is 10.4. The van der Waals surface area contributed by atoms with Crippen molar-refractivity contribution in [2.24, 2.45) is 0 Å². The van der Waals surface area contributed by atoms with Gasteiger partial charge in [0.15, 0.2) is 0 Å². The maximum absolute atomic E-state index is 6.21. The Balaban J connectivity index is 2.09. The summed E-state index contributed by atoms with van der Waals surface area (Å²) in [7, 11) is 2.03. The molecule has 0 aliphatic rings. The van der Waals surface area contributed by atoms with Crippen molar-refractivity contribution in [3.05, 3.63) is 58.1 Å². The number of hydrogen-bond donors (Lipinski definition) is 0. The van der Waals surface area contributed by atoms with Crippen LogP contribution >= 0.6 is 23.2 Å². The minimum absolute atomic E-state index is 0.200. The van der Waals surface area contributed by atoms with Gasteiger partial charge in [-0.15, -0.1) is 0 Å². The molecule has 0 aliphatic carbocycles. The lowest BCUT2D eigenvalue weighted by atomic mass is 10.1. The highest BCUT2D eigenvalue weighted by Crippen LogP contribution is 2.26. The second-order valence-corrected chi connectivity index (χ2v) is 5.24. The molecule has 0 radical (unpaired) electrons. The van der Waals surface area contributed by atoms with Crippen molar-refractivity contribution in [3.8, 4) is 0 Å². The number of halogens is 2. The van der Waals surface area contributed by atoms with Crippen molar-refractivity contribution >= 4 is 23.2 Å². The first-order chi connectivity index (χ1) is 9.08. The fraction of sp³-hybridized carbons (Fsp3) is 0.286. The Hall–Kier alpha value is -1.16. The Kier molecular flexibility index (Phi) is 4.75. The Morgan fingerprint density at radius 2 is 1.89 bits per heavy atom. The van der Waals surface area contributed by atoms with Crippen molar-refractivity contribution in [2.75, 3.05) is 7.05 Å². The average Bonchev–Trinajstić information content (AvgIpc) is 2.41. The maximum atomic E-state index is 6.21. The van der Waals surface area contributed by atoms with Crippen LogP contribution in [0.15, 0.2) is 36.7 Å². The lowest BCUT2D eigenvalue weighted by molar-refractivity contribution is 0.250. The number of rotatable bonds is 4. The number of nitrogens with zero attached hydrogens (tertiary/aromatic N) is 3. The first-order valence-corrected chi connectivity index (χ1v) is 6.74. The van der Waals surface area contributed by atoms with E-state index in [0.717, 1.165) is 16.3 Å². The van der Waals surface area contributed by atoms with Gasteiger partial charge in [-0.3, -0.25) is 9.88 Å². The average molecular weight is 296 g/mol. The van der Waals surface area contributed by atoms with Gasteiger partial charge in [-0.25, -0.2) is 4.98 Å². The molecule has 0 N–H and O–H groups in total. The van der Waals surface area contributed by atoms with Gasteiger partial charge in [0.2, 0.25) is 0 Å². The third kappa shape index (κ3) is 3.66. The van der Waals surface area contributed by atoms with E-state index in [0.29, 0.717) is 11.7 Å². The van der Waals surface area contributed by atoms with Crippen molar-refractivity contribution < 1.29 is 0 Å². The predicted octanol–water partition coefficient (Wildman–Crippen LogP) is 3.98. The summed E-state index contributed by atoms with van der Waals surface area (Å²) in [6, 6.07) is 8.07. The molecule has 0 aliphatic heterocycles. The number of hydrogen-bond acceptors (Lipinski definition) is 3. The van der Waals surface area contributed by atoms with Crippen LogP contribution in [0.25, 0.3) is 0 Å². The van der Waals surface area contributed by atoms with E-state index in [9.17, 15) is 0 Å². The highest BCUT2D eigenvalue weighted by atomic mass is 35.5. The van der Waals surface area contributed by atoms with Gasteiger partial charge >= 0.3 is 0 Å². The first-order valence-electron chi connectivity index (χ1n) is 5.99. The summed E-state index contributed by atoms with van der Waals surface area (Å²) in [5, 5.41) is 1.19. The molecule has 1 atom stereocenters. The van der Waals surface area contributed by atoms with Crippen LogP contribution in [0.4, 0.5) is 0 Å². The normalized spacial score (nSPS) is 12.7. The maximum Gasteiger partial charge on any atom is 0.147 e. The van der Waals surface area contributed by atoms with E-state index in [1.807, 2.05) is 31.3 Å². The van der Waals surface area contributed by atoms with Gasteiger partial charge < -0.3 is 0 Å². The van der Waals surface area contributed by atoms with E-state index in [1.165, 1.54) is 0 Å². The molecule has 1 aromatic carbocycles. The van der Waals surface area contributed by atoms with E-state index in [2.05, 4.69) is 21.8 Å². The van der Waals surface area contributed by atoms with Crippen LogP contribution in [-0.4, -0.2) is 21.9 Å². The van der Waals surface area contributed by atoms with E-state index in [4.69, 9.17) is 23.2 Å². The molecule has 2 rings (SSSR count). The summed E-state index contributed by atoms with van der Waals surface area (Å²) in [6.07, 6.45) is 3.25. The van der Waals surface area contributed by atoms with Crippen LogP contribution < -0.4 is 0 Å². The quantitative estimate of drug-likeness (QED) is 0.854. The molecule has 0 saturated heterocycles. The minimum atomic E-state index is 0.200. The zero-order valence-electron chi connectivity index (χ0n) is 10.8. The Morgan fingerprint density at radius 1 is 1.16 bits per heavy atom. The van der Waals surface area contributed by atoms with E-state index in [1.54, 1.807) is 12.4 Å². The summed E-state index contributed by atoms with van der Waals surface area (Å²) < 4.78 is 0. The van der Waals surface area contributed by atoms with Crippen molar-refractivity contribution in [2.45, 2.75) is 19.5 Å². The SMILES string of the molecule is CC(c1ccccc1Cl)N(C)Cc1cnc(Cl)cn1. The molecule has 1 heterocycles. The standard InChI is InChI=1S/C14H15Cl2N3/c1-10(12-5-3-4-6-13(12)15)19(2)9-11-7-18-14(16)8-17-11/h3-8,10H,9H2,1-2H3. The number of benzene rings is 1. The lowest BCUT2D eigenvalue weighted by Gasteiger charge is -2.25. The second kappa shape index (κ2) is 6.33. The largest absolute Gasteiger partial charge is 0.294 e. The molecule has 100 valence electrons. The summed E-state index contributed by atoms with van der Waals surface area (Å²) in [5.41, 5.74) is 1.99. The monoisotopic (exact) mass is 295 g/mol. The highest BCUT2D eigenvalue weighted by molar-refractivity contribution is 6.31. The highest BCUT2D eigenvalue weighted by Gasteiger charge is 2.15. The Morgan fingerprint density at radius 3 is 2.53 bits per heavy atom. The van der Waals surface area contributed by atoms with Crippen LogP contribution in [0.2, 0.25) is 10.2 Å². The second-order valence-electron chi connectivity index (χ2n) is 4.44. The molecule has 1 unspecified atom stereocenters. The zero-order valence-corrected chi connectivity index (χ0v) is 12.4. The zero-order chi connectivity index (χ0) is 13.8. The molecule has 2 aromatic rings.